The van der Waals surface area contributed by atoms with Crippen molar-refractivity contribution in [2.24, 2.45) is 0 Å². The molecule has 0 aliphatic carbocycles. The summed E-state index contributed by atoms with van der Waals surface area (Å²) >= 11 is 3.38. The molecule has 0 unspecified atom stereocenters. The second kappa shape index (κ2) is 5.65. The van der Waals surface area contributed by atoms with Gasteiger partial charge in [0.25, 0.3) is 5.91 Å². The molecule has 0 saturated heterocycles. The maximum Gasteiger partial charge on any atom is 0.287 e. The molecule has 0 aliphatic heterocycles. The number of aromatic nitrogens is 2. The number of fused-ring (bicyclic) bond motifs is 1. The fourth-order valence-corrected chi connectivity index (χ4v) is 2.45. The SMILES string of the molecule is O=C(NCc1cccc(Br)c1)c1nc2cc(F)ccc2[nH]1. The predicted molar refractivity (Wildman–Crippen MR) is 81.4 cm³/mol. The fraction of sp³-hybridized carbons (Fsp3) is 0.0667. The number of aromatic amines is 1. The van der Waals surface area contributed by atoms with Gasteiger partial charge >= 0.3 is 0 Å². The van der Waals surface area contributed by atoms with Gasteiger partial charge in [-0.25, -0.2) is 9.37 Å². The fourth-order valence-electron chi connectivity index (χ4n) is 2.00. The van der Waals surface area contributed by atoms with E-state index in [0.29, 0.717) is 17.6 Å². The van der Waals surface area contributed by atoms with Crippen molar-refractivity contribution in [1.82, 2.24) is 15.3 Å². The van der Waals surface area contributed by atoms with E-state index in [4.69, 9.17) is 0 Å². The Morgan fingerprint density at radius 3 is 2.95 bits per heavy atom. The van der Waals surface area contributed by atoms with Crippen LogP contribution in [0.3, 0.4) is 0 Å². The summed E-state index contributed by atoms with van der Waals surface area (Å²) in [6, 6.07) is 11.8. The van der Waals surface area contributed by atoms with Crippen LogP contribution < -0.4 is 5.32 Å². The van der Waals surface area contributed by atoms with E-state index >= 15 is 0 Å². The second-order valence-electron chi connectivity index (χ2n) is 4.56. The quantitative estimate of drug-likeness (QED) is 0.762. The van der Waals surface area contributed by atoms with Gasteiger partial charge in [0.05, 0.1) is 11.0 Å². The van der Waals surface area contributed by atoms with Gasteiger partial charge in [-0.2, -0.15) is 0 Å². The van der Waals surface area contributed by atoms with Gasteiger partial charge in [-0.15, -0.1) is 0 Å². The summed E-state index contributed by atoms with van der Waals surface area (Å²) in [6.07, 6.45) is 0. The Hall–Kier alpha value is -2.21. The van der Waals surface area contributed by atoms with Crippen molar-refractivity contribution in [3.8, 4) is 0 Å². The smallest absolute Gasteiger partial charge is 0.287 e. The molecular formula is C15H11BrFN3O. The highest BCUT2D eigenvalue weighted by Gasteiger charge is 2.11. The molecule has 3 rings (SSSR count). The van der Waals surface area contributed by atoms with Crippen molar-refractivity contribution in [3.05, 3.63) is 64.1 Å². The zero-order chi connectivity index (χ0) is 14.8. The number of nitrogens with one attached hydrogen (secondary N) is 2. The third kappa shape index (κ3) is 3.11. The highest BCUT2D eigenvalue weighted by Crippen LogP contribution is 2.14. The van der Waals surface area contributed by atoms with Crippen LogP contribution in [0.25, 0.3) is 11.0 Å². The molecule has 1 heterocycles. The molecule has 0 aliphatic rings. The molecule has 1 amide bonds. The average molecular weight is 348 g/mol. The number of hydrogen-bond acceptors (Lipinski definition) is 2. The van der Waals surface area contributed by atoms with Crippen LogP contribution in [0.15, 0.2) is 46.9 Å². The first-order valence-electron chi connectivity index (χ1n) is 6.30. The molecule has 2 aromatic carbocycles. The highest BCUT2D eigenvalue weighted by atomic mass is 79.9. The Bertz CT molecular complexity index is 816. The first-order valence-corrected chi connectivity index (χ1v) is 7.09. The minimum Gasteiger partial charge on any atom is -0.345 e. The molecule has 4 nitrogen and oxygen atoms in total. The summed E-state index contributed by atoms with van der Waals surface area (Å²) in [5.41, 5.74) is 2.03. The molecule has 0 bridgehead atoms. The molecule has 0 fully saturated rings. The lowest BCUT2D eigenvalue weighted by atomic mass is 10.2. The zero-order valence-electron chi connectivity index (χ0n) is 10.9. The van der Waals surface area contributed by atoms with Crippen molar-refractivity contribution in [3.63, 3.8) is 0 Å². The Balaban J connectivity index is 1.74. The molecule has 0 atom stereocenters. The number of amides is 1. The van der Waals surface area contributed by atoms with Crippen LogP contribution in [0.1, 0.15) is 16.2 Å². The third-order valence-electron chi connectivity index (χ3n) is 3.00. The van der Waals surface area contributed by atoms with E-state index < -0.39 is 0 Å². The Morgan fingerprint density at radius 2 is 2.14 bits per heavy atom. The van der Waals surface area contributed by atoms with Gasteiger partial charge in [0.15, 0.2) is 5.82 Å². The van der Waals surface area contributed by atoms with Crippen LogP contribution >= 0.6 is 15.9 Å². The van der Waals surface area contributed by atoms with E-state index in [-0.39, 0.29) is 17.5 Å². The number of halogens is 2. The van der Waals surface area contributed by atoms with E-state index in [2.05, 4.69) is 31.2 Å². The van der Waals surface area contributed by atoms with Crippen molar-refractivity contribution in [2.45, 2.75) is 6.54 Å². The van der Waals surface area contributed by atoms with Crippen molar-refractivity contribution in [1.29, 1.82) is 0 Å². The Labute approximate surface area is 128 Å². The van der Waals surface area contributed by atoms with Gasteiger partial charge in [0.1, 0.15) is 5.82 Å². The van der Waals surface area contributed by atoms with E-state index in [1.54, 1.807) is 6.07 Å². The molecule has 6 heteroatoms. The molecule has 2 N–H and O–H groups in total. The van der Waals surface area contributed by atoms with Gasteiger partial charge in [-0.1, -0.05) is 28.1 Å². The Kier molecular flexibility index (Phi) is 3.70. The second-order valence-corrected chi connectivity index (χ2v) is 5.48. The van der Waals surface area contributed by atoms with Crippen molar-refractivity contribution in [2.75, 3.05) is 0 Å². The predicted octanol–water partition coefficient (Wildman–Crippen LogP) is 3.39. The van der Waals surface area contributed by atoms with Gasteiger partial charge in [-0.05, 0) is 29.8 Å². The number of imidazole rings is 1. The van der Waals surface area contributed by atoms with Crippen molar-refractivity contribution >= 4 is 32.9 Å². The van der Waals surface area contributed by atoms with E-state index in [1.807, 2.05) is 24.3 Å². The monoisotopic (exact) mass is 347 g/mol. The van der Waals surface area contributed by atoms with Gasteiger partial charge in [0.2, 0.25) is 0 Å². The summed E-state index contributed by atoms with van der Waals surface area (Å²) in [5, 5.41) is 2.77. The first-order chi connectivity index (χ1) is 10.1. The lowest BCUT2D eigenvalue weighted by molar-refractivity contribution is 0.0942. The lowest BCUT2D eigenvalue weighted by Crippen LogP contribution is -2.23. The molecule has 3 aromatic rings. The summed E-state index contributed by atoms with van der Waals surface area (Å²) in [5.74, 6) is -0.535. The number of benzene rings is 2. The lowest BCUT2D eigenvalue weighted by Gasteiger charge is -2.03. The summed E-state index contributed by atoms with van der Waals surface area (Å²) < 4.78 is 14.0. The number of hydrogen-bond donors (Lipinski definition) is 2. The molecule has 0 radical (unpaired) electrons. The average Bonchev–Trinajstić information content (AvgIpc) is 2.88. The minimum atomic E-state index is -0.380. The van der Waals surface area contributed by atoms with Gasteiger partial charge in [-0.3, -0.25) is 4.79 Å². The summed E-state index contributed by atoms with van der Waals surface area (Å²) in [6.45, 7) is 0.393. The third-order valence-corrected chi connectivity index (χ3v) is 3.50. The van der Waals surface area contributed by atoms with Gasteiger partial charge < -0.3 is 10.3 Å². The largest absolute Gasteiger partial charge is 0.345 e. The van der Waals surface area contributed by atoms with E-state index in [1.165, 1.54) is 12.1 Å². The molecule has 21 heavy (non-hydrogen) atoms. The van der Waals surface area contributed by atoms with Gasteiger partial charge in [0, 0.05) is 17.1 Å². The van der Waals surface area contributed by atoms with Crippen LogP contribution in [0.4, 0.5) is 4.39 Å². The molecule has 106 valence electrons. The minimum absolute atomic E-state index is 0.172. The van der Waals surface area contributed by atoms with Crippen LogP contribution in [0.2, 0.25) is 0 Å². The Morgan fingerprint density at radius 1 is 1.29 bits per heavy atom. The maximum absolute atomic E-state index is 13.1. The van der Waals surface area contributed by atoms with E-state index in [0.717, 1.165) is 10.0 Å². The summed E-state index contributed by atoms with van der Waals surface area (Å²) in [4.78, 5) is 19.0. The van der Waals surface area contributed by atoms with Crippen molar-refractivity contribution < 1.29 is 9.18 Å². The number of carbonyl (C=O) groups is 1. The van der Waals surface area contributed by atoms with E-state index in [9.17, 15) is 9.18 Å². The highest BCUT2D eigenvalue weighted by molar-refractivity contribution is 9.10. The topological polar surface area (TPSA) is 57.8 Å². The van der Waals surface area contributed by atoms with Crippen LogP contribution in [-0.2, 0) is 6.54 Å². The summed E-state index contributed by atoms with van der Waals surface area (Å²) in [7, 11) is 0. The number of carbonyl (C=O) groups excluding carboxylic acids is 1. The first kappa shape index (κ1) is 13.8. The van der Waals surface area contributed by atoms with Crippen LogP contribution in [0, 0.1) is 5.82 Å². The molecular weight excluding hydrogens is 337 g/mol. The molecule has 1 aromatic heterocycles. The van der Waals surface area contributed by atoms with Crippen LogP contribution in [-0.4, -0.2) is 15.9 Å². The maximum atomic E-state index is 13.1. The molecule has 0 spiro atoms. The standard InChI is InChI=1S/C15H11BrFN3O/c16-10-3-1-2-9(6-10)8-18-15(21)14-19-12-5-4-11(17)7-13(12)20-14/h1-7H,8H2,(H,18,21)(H,19,20). The zero-order valence-corrected chi connectivity index (χ0v) is 12.4. The normalized spacial score (nSPS) is 10.8. The number of H-pyrrole nitrogens is 1. The number of rotatable bonds is 3. The number of nitrogens with zero attached hydrogens (tertiary/aromatic N) is 1. The molecule has 0 saturated carbocycles. The van der Waals surface area contributed by atoms with Crippen LogP contribution in [0.5, 0.6) is 0 Å².